The van der Waals surface area contributed by atoms with Gasteiger partial charge in [0.1, 0.15) is 11.9 Å². The first-order chi connectivity index (χ1) is 10.1. The van der Waals surface area contributed by atoms with Gasteiger partial charge in [-0.2, -0.15) is 5.26 Å². The number of carbonyl (C=O) groups is 1. The van der Waals surface area contributed by atoms with E-state index < -0.39 is 0 Å². The summed E-state index contributed by atoms with van der Waals surface area (Å²) >= 11 is 7.25. The van der Waals surface area contributed by atoms with Crippen LogP contribution in [0.5, 0.6) is 0 Å². The number of nitrogens with one attached hydrogen (secondary N) is 1. The van der Waals surface area contributed by atoms with E-state index in [0.29, 0.717) is 22.1 Å². The number of nitrogen functional groups attached to an aromatic ring is 1. The molecule has 0 fully saturated rings. The maximum atomic E-state index is 11.8. The molecule has 1 aromatic heterocycles. The normalized spacial score (nSPS) is 9.90. The number of rotatable bonds is 4. The zero-order valence-electron chi connectivity index (χ0n) is 10.8. The molecule has 0 bridgehead atoms. The molecule has 5 nitrogen and oxygen atoms in total. The molecule has 0 saturated heterocycles. The molecule has 1 aromatic carbocycles. The molecule has 0 aliphatic carbocycles. The summed E-state index contributed by atoms with van der Waals surface area (Å²) in [6.45, 7) is 0. The SMILES string of the molecule is N#Cc1ccc(NC(=O)CSc2ccc(N)nc2)cc1Cl. The number of nitriles is 1. The fourth-order valence-electron chi connectivity index (χ4n) is 1.51. The first-order valence-electron chi connectivity index (χ1n) is 5.92. The van der Waals surface area contributed by atoms with Gasteiger partial charge in [0.15, 0.2) is 0 Å². The highest BCUT2D eigenvalue weighted by Crippen LogP contribution is 2.21. The van der Waals surface area contributed by atoms with Crippen molar-refractivity contribution in [2.24, 2.45) is 0 Å². The van der Waals surface area contributed by atoms with Crippen molar-refractivity contribution in [3.63, 3.8) is 0 Å². The molecule has 2 rings (SSSR count). The molecule has 1 amide bonds. The average Bonchev–Trinajstić information content (AvgIpc) is 2.47. The van der Waals surface area contributed by atoms with Crippen LogP contribution < -0.4 is 11.1 Å². The minimum Gasteiger partial charge on any atom is -0.384 e. The summed E-state index contributed by atoms with van der Waals surface area (Å²) in [5.41, 5.74) is 6.42. The van der Waals surface area contributed by atoms with Gasteiger partial charge in [-0.05, 0) is 30.3 Å². The predicted octanol–water partition coefficient (Wildman–Crippen LogP) is 2.92. The molecule has 0 aliphatic rings. The Bertz CT molecular complexity index is 697. The average molecular weight is 319 g/mol. The van der Waals surface area contributed by atoms with E-state index in [-0.39, 0.29) is 11.7 Å². The van der Waals surface area contributed by atoms with Crippen molar-refractivity contribution in [1.82, 2.24) is 4.98 Å². The molecule has 3 N–H and O–H groups in total. The van der Waals surface area contributed by atoms with Crippen LogP contribution in [-0.2, 0) is 4.79 Å². The lowest BCUT2D eigenvalue weighted by Gasteiger charge is -2.06. The zero-order chi connectivity index (χ0) is 15.2. The van der Waals surface area contributed by atoms with E-state index in [9.17, 15) is 4.79 Å². The summed E-state index contributed by atoms with van der Waals surface area (Å²) in [5, 5.41) is 11.8. The first-order valence-corrected chi connectivity index (χ1v) is 7.28. The summed E-state index contributed by atoms with van der Waals surface area (Å²) in [6.07, 6.45) is 1.62. The number of hydrogen-bond donors (Lipinski definition) is 2. The Hall–Kier alpha value is -2.23. The molecule has 7 heteroatoms. The summed E-state index contributed by atoms with van der Waals surface area (Å²) < 4.78 is 0. The highest BCUT2D eigenvalue weighted by atomic mass is 35.5. The summed E-state index contributed by atoms with van der Waals surface area (Å²) in [4.78, 5) is 16.6. The molecule has 21 heavy (non-hydrogen) atoms. The molecule has 0 saturated carbocycles. The number of carbonyl (C=O) groups excluding carboxylic acids is 1. The number of anilines is 2. The van der Waals surface area contributed by atoms with E-state index in [1.807, 2.05) is 6.07 Å². The van der Waals surface area contributed by atoms with Crippen molar-refractivity contribution >= 4 is 40.8 Å². The van der Waals surface area contributed by atoms with Crippen molar-refractivity contribution < 1.29 is 4.79 Å². The van der Waals surface area contributed by atoms with E-state index >= 15 is 0 Å². The van der Waals surface area contributed by atoms with Crippen molar-refractivity contribution in [2.45, 2.75) is 4.90 Å². The molecular formula is C14H11ClN4OS. The highest BCUT2D eigenvalue weighted by molar-refractivity contribution is 8.00. The van der Waals surface area contributed by atoms with Crippen molar-refractivity contribution in [3.05, 3.63) is 47.1 Å². The Morgan fingerprint density at radius 3 is 2.86 bits per heavy atom. The van der Waals surface area contributed by atoms with Gasteiger partial charge in [0.25, 0.3) is 0 Å². The third-order valence-corrected chi connectivity index (χ3v) is 3.80. The van der Waals surface area contributed by atoms with Crippen LogP contribution in [0.2, 0.25) is 5.02 Å². The third kappa shape index (κ3) is 4.38. The monoisotopic (exact) mass is 318 g/mol. The number of pyridine rings is 1. The smallest absolute Gasteiger partial charge is 0.234 e. The van der Waals surface area contributed by atoms with Gasteiger partial charge in [-0.3, -0.25) is 4.79 Å². The zero-order valence-corrected chi connectivity index (χ0v) is 12.4. The van der Waals surface area contributed by atoms with Crippen LogP contribution in [0.15, 0.2) is 41.4 Å². The van der Waals surface area contributed by atoms with Gasteiger partial charge in [0.05, 0.1) is 16.3 Å². The Balaban J connectivity index is 1.91. The van der Waals surface area contributed by atoms with Crippen LogP contribution >= 0.6 is 23.4 Å². The summed E-state index contributed by atoms with van der Waals surface area (Å²) in [6, 6.07) is 10.2. The number of benzene rings is 1. The number of halogens is 1. The molecule has 0 unspecified atom stereocenters. The summed E-state index contributed by atoms with van der Waals surface area (Å²) in [5.74, 6) is 0.511. The van der Waals surface area contributed by atoms with Gasteiger partial charge in [-0.1, -0.05) is 11.6 Å². The Kier molecular flexibility index (Phi) is 5.04. The van der Waals surface area contributed by atoms with E-state index in [1.165, 1.54) is 11.8 Å². The lowest BCUT2D eigenvalue weighted by molar-refractivity contribution is -0.113. The van der Waals surface area contributed by atoms with E-state index in [2.05, 4.69) is 10.3 Å². The lowest BCUT2D eigenvalue weighted by atomic mass is 10.2. The van der Waals surface area contributed by atoms with E-state index in [0.717, 1.165) is 4.90 Å². The molecule has 2 aromatic rings. The maximum absolute atomic E-state index is 11.8. The lowest BCUT2D eigenvalue weighted by Crippen LogP contribution is -2.14. The number of aromatic nitrogens is 1. The van der Waals surface area contributed by atoms with E-state index in [1.54, 1.807) is 36.5 Å². The maximum Gasteiger partial charge on any atom is 0.234 e. The number of hydrogen-bond acceptors (Lipinski definition) is 5. The van der Waals surface area contributed by atoms with Crippen LogP contribution in [0.25, 0.3) is 0 Å². The Morgan fingerprint density at radius 1 is 1.43 bits per heavy atom. The van der Waals surface area contributed by atoms with E-state index in [4.69, 9.17) is 22.6 Å². The van der Waals surface area contributed by atoms with Gasteiger partial charge in [0, 0.05) is 16.8 Å². The third-order valence-electron chi connectivity index (χ3n) is 2.50. The second kappa shape index (κ2) is 6.97. The molecule has 0 aliphatic heterocycles. The molecule has 0 atom stereocenters. The van der Waals surface area contributed by atoms with Gasteiger partial charge < -0.3 is 11.1 Å². The fraction of sp³-hybridized carbons (Fsp3) is 0.0714. The van der Waals surface area contributed by atoms with Crippen LogP contribution in [0.1, 0.15) is 5.56 Å². The van der Waals surface area contributed by atoms with Crippen LogP contribution in [0, 0.1) is 11.3 Å². The number of thioether (sulfide) groups is 1. The topological polar surface area (TPSA) is 91.8 Å². The number of amides is 1. The predicted molar refractivity (Wildman–Crippen MR) is 84.2 cm³/mol. The first kappa shape index (κ1) is 15.2. The largest absolute Gasteiger partial charge is 0.384 e. The van der Waals surface area contributed by atoms with Crippen molar-refractivity contribution in [1.29, 1.82) is 5.26 Å². The fourth-order valence-corrected chi connectivity index (χ4v) is 2.39. The molecule has 0 radical (unpaired) electrons. The second-order valence-electron chi connectivity index (χ2n) is 4.06. The highest BCUT2D eigenvalue weighted by Gasteiger charge is 2.06. The Labute approximate surface area is 131 Å². The van der Waals surface area contributed by atoms with Gasteiger partial charge >= 0.3 is 0 Å². The molecule has 106 valence electrons. The van der Waals surface area contributed by atoms with Crippen LogP contribution in [-0.4, -0.2) is 16.6 Å². The minimum absolute atomic E-state index is 0.169. The quantitative estimate of drug-likeness (QED) is 0.846. The minimum atomic E-state index is -0.169. The van der Waals surface area contributed by atoms with Crippen LogP contribution in [0.4, 0.5) is 11.5 Å². The van der Waals surface area contributed by atoms with Gasteiger partial charge in [-0.25, -0.2) is 4.98 Å². The second-order valence-corrected chi connectivity index (χ2v) is 5.52. The summed E-state index contributed by atoms with van der Waals surface area (Å²) in [7, 11) is 0. The number of nitrogens with two attached hydrogens (primary N) is 1. The standard InChI is InChI=1S/C14H11ClN4OS/c15-12-5-10(2-1-9(12)6-16)19-14(20)8-21-11-3-4-13(17)18-7-11/h1-5,7H,8H2,(H2,17,18)(H,19,20). The molecule has 1 heterocycles. The van der Waals surface area contributed by atoms with Crippen LogP contribution in [0.3, 0.4) is 0 Å². The van der Waals surface area contributed by atoms with Gasteiger partial charge in [0.2, 0.25) is 5.91 Å². The Morgan fingerprint density at radius 2 is 2.24 bits per heavy atom. The van der Waals surface area contributed by atoms with Crippen molar-refractivity contribution in [2.75, 3.05) is 16.8 Å². The van der Waals surface area contributed by atoms with Gasteiger partial charge in [-0.15, -0.1) is 11.8 Å². The number of nitrogens with zero attached hydrogens (tertiary/aromatic N) is 2. The molecule has 0 spiro atoms. The van der Waals surface area contributed by atoms with Crippen molar-refractivity contribution in [3.8, 4) is 6.07 Å². The molecular weight excluding hydrogens is 308 g/mol.